The number of amides is 2. The van der Waals surface area contributed by atoms with Gasteiger partial charge in [-0.2, -0.15) is 13.2 Å². The highest BCUT2D eigenvalue weighted by molar-refractivity contribution is 6.03. The molecule has 0 spiro atoms. The second-order valence-electron chi connectivity index (χ2n) is 15.5. The summed E-state index contributed by atoms with van der Waals surface area (Å²) >= 11 is 0. The summed E-state index contributed by atoms with van der Waals surface area (Å²) in [6.07, 6.45) is -4.20. The van der Waals surface area contributed by atoms with E-state index in [2.05, 4.69) is 19.2 Å². The van der Waals surface area contributed by atoms with Crippen LogP contribution in [0.4, 0.5) is 33.7 Å². The normalized spacial score (nSPS) is 19.1. The van der Waals surface area contributed by atoms with E-state index in [4.69, 9.17) is 14.2 Å². The largest absolute Gasteiger partial charge is 0.487 e. The number of alkyl halides is 3. The van der Waals surface area contributed by atoms with Crippen molar-refractivity contribution in [2.75, 3.05) is 29.4 Å². The first-order valence-corrected chi connectivity index (χ1v) is 17.0. The van der Waals surface area contributed by atoms with Gasteiger partial charge in [0.25, 0.3) is 0 Å². The fourth-order valence-corrected chi connectivity index (χ4v) is 6.26. The molecule has 1 aliphatic carbocycles. The van der Waals surface area contributed by atoms with Gasteiger partial charge in [0, 0.05) is 18.2 Å². The molecule has 0 aromatic heterocycles. The molecule has 2 aromatic carbocycles. The molecule has 2 aliphatic rings. The lowest BCUT2D eigenvalue weighted by Gasteiger charge is -2.38. The van der Waals surface area contributed by atoms with Crippen molar-refractivity contribution in [3.05, 3.63) is 53.3 Å². The summed E-state index contributed by atoms with van der Waals surface area (Å²) < 4.78 is 76.0. The smallest absolute Gasteiger partial charge is 0.471 e. The van der Waals surface area contributed by atoms with Crippen LogP contribution in [0.15, 0.2) is 36.4 Å². The Kier molecular flexibility index (Phi) is 11.8. The van der Waals surface area contributed by atoms with Gasteiger partial charge < -0.3 is 19.5 Å². The van der Waals surface area contributed by atoms with E-state index < -0.39 is 65.2 Å². The number of nitrogens with one attached hydrogen (secondary N) is 1. The maximum absolute atomic E-state index is 16.9. The van der Waals surface area contributed by atoms with Crippen LogP contribution in [0.5, 0.6) is 5.75 Å². The van der Waals surface area contributed by atoms with E-state index in [1.165, 1.54) is 31.7 Å². The summed E-state index contributed by atoms with van der Waals surface area (Å²) in [6, 6.07) is 9.16. The molecule has 0 bridgehead atoms. The molecule has 1 aliphatic heterocycles. The minimum Gasteiger partial charge on any atom is -0.487 e. The van der Waals surface area contributed by atoms with E-state index in [-0.39, 0.29) is 35.7 Å². The Morgan fingerprint density at radius 2 is 1.58 bits per heavy atom. The second-order valence-corrected chi connectivity index (χ2v) is 15.5. The van der Waals surface area contributed by atoms with Gasteiger partial charge >= 0.3 is 24.1 Å². The van der Waals surface area contributed by atoms with Crippen LogP contribution in [-0.2, 0) is 32.1 Å². The number of benzene rings is 2. The molecule has 276 valence electrons. The Morgan fingerprint density at radius 3 is 2.14 bits per heavy atom. The maximum atomic E-state index is 16.9. The van der Waals surface area contributed by atoms with Gasteiger partial charge in [-0.05, 0) is 90.7 Å². The van der Waals surface area contributed by atoms with Crippen molar-refractivity contribution in [3.8, 4) is 5.75 Å². The third kappa shape index (κ3) is 9.88. The molecule has 1 heterocycles. The summed E-state index contributed by atoms with van der Waals surface area (Å²) in [6.45, 7) is 13.4. The quantitative estimate of drug-likeness (QED) is 0.190. The minimum atomic E-state index is -5.48. The van der Waals surface area contributed by atoms with Crippen molar-refractivity contribution in [2.24, 2.45) is 17.8 Å². The Balaban J connectivity index is 1.78. The average Bonchev–Trinajstić information content (AvgIpc) is 3.32. The number of ether oxygens (including phenoxy) is 3. The summed E-state index contributed by atoms with van der Waals surface area (Å²) in [5.41, 5.74) is -2.37. The molecule has 1 fully saturated rings. The van der Waals surface area contributed by atoms with Crippen LogP contribution in [0, 0.1) is 23.6 Å². The van der Waals surface area contributed by atoms with E-state index in [0.29, 0.717) is 29.9 Å². The van der Waals surface area contributed by atoms with Crippen LogP contribution >= 0.6 is 0 Å². The highest BCUT2D eigenvalue weighted by atomic mass is 19.4. The first kappa shape index (κ1) is 38.9. The van der Waals surface area contributed by atoms with Gasteiger partial charge in [0.1, 0.15) is 35.8 Å². The van der Waals surface area contributed by atoms with Gasteiger partial charge in [-0.25, -0.2) is 9.18 Å². The van der Waals surface area contributed by atoms with E-state index in [0.717, 1.165) is 12.8 Å². The number of carbonyl (C=O) groups excluding carboxylic acids is 3. The lowest BCUT2D eigenvalue weighted by Crippen LogP contribution is -2.47. The Bertz CT molecular complexity index is 1530. The molecular formula is C37H49F4N3O6. The van der Waals surface area contributed by atoms with Crippen LogP contribution < -0.4 is 19.9 Å². The number of fused-ring (bicyclic) bond motifs is 1. The molecule has 13 heteroatoms. The van der Waals surface area contributed by atoms with Crippen molar-refractivity contribution in [1.29, 1.82) is 0 Å². The van der Waals surface area contributed by atoms with E-state index >= 15 is 4.39 Å². The number of anilines is 2. The third-order valence-corrected chi connectivity index (χ3v) is 8.67. The Hall–Kier alpha value is -3.87. The van der Waals surface area contributed by atoms with Gasteiger partial charge in [-0.15, -0.1) is 0 Å². The molecule has 1 N–H and O–H groups in total. The zero-order valence-corrected chi connectivity index (χ0v) is 30.1. The topological polar surface area (TPSA) is 97.4 Å². The number of hydrogen-bond donors (Lipinski definition) is 1. The molecule has 2 amide bonds. The van der Waals surface area contributed by atoms with Crippen LogP contribution in [0.25, 0.3) is 0 Å². The van der Waals surface area contributed by atoms with E-state index in [1.54, 1.807) is 51.1 Å². The summed E-state index contributed by atoms with van der Waals surface area (Å²) in [5, 5.41) is 3.40. The zero-order chi connectivity index (χ0) is 37.2. The molecule has 1 atom stereocenters. The number of esters is 1. The number of halogens is 4. The van der Waals surface area contributed by atoms with Crippen molar-refractivity contribution in [3.63, 3.8) is 0 Å². The zero-order valence-electron chi connectivity index (χ0n) is 30.1. The molecule has 0 unspecified atom stereocenters. The predicted molar refractivity (Wildman–Crippen MR) is 182 cm³/mol. The van der Waals surface area contributed by atoms with Crippen molar-refractivity contribution in [1.82, 2.24) is 5.32 Å². The predicted octanol–water partition coefficient (Wildman–Crippen LogP) is 7.58. The summed E-state index contributed by atoms with van der Waals surface area (Å²) in [5.74, 6) is -3.65. The monoisotopic (exact) mass is 707 g/mol. The van der Waals surface area contributed by atoms with Crippen molar-refractivity contribution in [2.45, 2.75) is 105 Å². The highest BCUT2D eigenvalue weighted by Crippen LogP contribution is 2.46. The first-order chi connectivity index (χ1) is 23.1. The molecule has 2 aromatic rings. The molecule has 0 radical (unpaired) electrons. The Morgan fingerprint density at radius 1 is 0.960 bits per heavy atom. The number of rotatable bonds is 11. The maximum Gasteiger partial charge on any atom is 0.471 e. The van der Waals surface area contributed by atoms with Gasteiger partial charge in [-0.1, -0.05) is 44.2 Å². The number of hydrogen-bond acceptors (Lipinski definition) is 7. The van der Waals surface area contributed by atoms with Gasteiger partial charge in [-0.3, -0.25) is 19.4 Å². The molecule has 9 nitrogen and oxygen atoms in total. The summed E-state index contributed by atoms with van der Waals surface area (Å²) in [4.78, 5) is 40.8. The molecular weight excluding hydrogens is 658 g/mol. The van der Waals surface area contributed by atoms with Crippen LogP contribution in [0.3, 0.4) is 0 Å². The molecule has 50 heavy (non-hydrogen) atoms. The average molecular weight is 708 g/mol. The number of nitrogens with zero attached hydrogens (tertiary/aromatic N) is 2. The second kappa shape index (κ2) is 15.2. The van der Waals surface area contributed by atoms with Gasteiger partial charge in [0.2, 0.25) is 0 Å². The van der Waals surface area contributed by atoms with Crippen molar-refractivity contribution >= 4 is 29.3 Å². The molecule has 1 saturated carbocycles. The lowest BCUT2D eigenvalue weighted by atomic mass is 9.69. The third-order valence-electron chi connectivity index (χ3n) is 8.67. The Labute approximate surface area is 291 Å². The fraction of sp³-hybridized carbons (Fsp3) is 0.595. The molecule has 0 saturated heterocycles. The van der Waals surface area contributed by atoms with E-state index in [1.807, 2.05) is 0 Å². The molecule has 4 rings (SSSR count). The highest BCUT2D eigenvalue weighted by Gasteiger charge is 2.47. The van der Waals surface area contributed by atoms with Gasteiger partial charge in [0.05, 0.1) is 11.7 Å². The number of carbonyl (C=O) groups is 3. The van der Waals surface area contributed by atoms with Gasteiger partial charge in [0.15, 0.2) is 5.82 Å². The van der Waals surface area contributed by atoms with E-state index in [9.17, 15) is 27.6 Å². The first-order valence-electron chi connectivity index (χ1n) is 17.0. The minimum absolute atomic E-state index is 0.00907. The van der Waals surface area contributed by atoms with Crippen molar-refractivity contribution < 1.29 is 46.2 Å². The van der Waals surface area contributed by atoms with Crippen LogP contribution in [0.1, 0.15) is 79.4 Å². The van der Waals surface area contributed by atoms with Crippen LogP contribution in [0.2, 0.25) is 0 Å². The van der Waals surface area contributed by atoms with Crippen LogP contribution in [-0.4, -0.2) is 61.0 Å². The fourth-order valence-electron chi connectivity index (χ4n) is 6.26. The summed E-state index contributed by atoms with van der Waals surface area (Å²) in [7, 11) is 0. The lowest BCUT2D eigenvalue weighted by molar-refractivity contribution is -0.171. The standard InChI is InChI=1S/C37H49F4N3O6/c1-22(2)25-14-24(15-25)18-42-19-26-16-27-28(44(26)34(47)50-36(6,7)8)17-29(48-21-23-12-10-9-11-13-23)32(31(27)38)43(33(46)37(39,40)41)20-30(45)49-35(3,4)5/h9-13,17,22,24-26,42H,14-16,18-21H2,1-8H3/t24?,25?,26-/m1/s1. The SMILES string of the molecule is CC(C)C1CC(CNC[C@H]2Cc3c(cc(OCc4ccccc4)c(N(CC(=O)OC(C)(C)C)C(=O)C(F)(F)F)c3F)N2C(=O)OC(C)(C)C)C1.